The van der Waals surface area contributed by atoms with Crippen LogP contribution in [0.1, 0.15) is 74.2 Å². The van der Waals surface area contributed by atoms with Gasteiger partial charge in [0.05, 0.1) is 5.56 Å². The van der Waals surface area contributed by atoms with Crippen molar-refractivity contribution in [3.63, 3.8) is 0 Å². The van der Waals surface area contributed by atoms with Gasteiger partial charge in [0, 0.05) is 38.0 Å². The smallest absolute Gasteiger partial charge is 0.252 e. The van der Waals surface area contributed by atoms with E-state index in [2.05, 4.69) is 18.7 Å². The Hall–Kier alpha value is -2.13. The van der Waals surface area contributed by atoms with Crippen molar-refractivity contribution in [3.8, 4) is 5.75 Å². The van der Waals surface area contributed by atoms with E-state index >= 15 is 0 Å². The number of rotatable bonds is 11. The Morgan fingerprint density at radius 1 is 1.18 bits per heavy atom. The molecular formula is C25H39N3O5S. The largest absolute Gasteiger partial charge is 0.507 e. The molecule has 2 fully saturated rings. The molecule has 190 valence electrons. The van der Waals surface area contributed by atoms with Crippen molar-refractivity contribution in [1.82, 2.24) is 9.80 Å². The van der Waals surface area contributed by atoms with Crippen LogP contribution in [0.2, 0.25) is 0 Å². The number of nitrogens with zero attached hydrogens (tertiary/aromatic N) is 2. The number of amides is 2. The molecule has 1 aromatic carbocycles. The van der Waals surface area contributed by atoms with Gasteiger partial charge in [0.25, 0.3) is 5.91 Å². The molecular weight excluding hydrogens is 454 g/mol. The van der Waals surface area contributed by atoms with Crippen LogP contribution in [-0.4, -0.2) is 78.9 Å². The molecule has 9 heteroatoms. The summed E-state index contributed by atoms with van der Waals surface area (Å²) in [4.78, 5) is 28.6. The Morgan fingerprint density at radius 3 is 2.32 bits per heavy atom. The van der Waals surface area contributed by atoms with E-state index < -0.39 is 21.5 Å². The number of benzene rings is 1. The van der Waals surface area contributed by atoms with E-state index in [1.54, 1.807) is 17.0 Å². The van der Waals surface area contributed by atoms with Gasteiger partial charge in [-0.2, -0.15) is 0 Å². The highest BCUT2D eigenvalue weighted by atomic mass is 32.2. The summed E-state index contributed by atoms with van der Waals surface area (Å²) >= 11 is 0. The number of carbonyl (C=O) groups is 2. The molecule has 2 saturated heterocycles. The average molecular weight is 494 g/mol. The van der Waals surface area contributed by atoms with Crippen molar-refractivity contribution in [2.75, 3.05) is 31.6 Å². The molecule has 3 rings (SSSR count). The lowest BCUT2D eigenvalue weighted by Gasteiger charge is -2.40. The summed E-state index contributed by atoms with van der Waals surface area (Å²) in [5.41, 5.74) is 6.35. The Labute approximate surface area is 203 Å². The first-order chi connectivity index (χ1) is 16.0. The third-order valence-electron chi connectivity index (χ3n) is 7.66. The Kier molecular flexibility index (Phi) is 8.62. The SMILES string of the molecule is CCC(CC)CN(CCN1C2CCC1CC(c1cccc(C(N)=O)c1O)C2)C(=O)CS(C)(=O)=O. The van der Waals surface area contributed by atoms with Crippen LogP contribution in [0.5, 0.6) is 5.75 Å². The number of carbonyl (C=O) groups excluding carboxylic acids is 2. The number of aromatic hydroxyl groups is 1. The average Bonchev–Trinajstić information content (AvgIpc) is 2.99. The molecule has 2 amide bonds. The molecule has 0 spiro atoms. The second-order valence-corrected chi connectivity index (χ2v) is 12.1. The van der Waals surface area contributed by atoms with Crippen LogP contribution in [0.4, 0.5) is 0 Å². The van der Waals surface area contributed by atoms with Gasteiger partial charge < -0.3 is 15.7 Å². The van der Waals surface area contributed by atoms with Gasteiger partial charge in [0.1, 0.15) is 11.5 Å². The normalized spacial score (nSPS) is 22.8. The van der Waals surface area contributed by atoms with Crippen LogP contribution in [0.3, 0.4) is 0 Å². The molecule has 0 radical (unpaired) electrons. The minimum atomic E-state index is -3.38. The number of phenols is 1. The Balaban J connectivity index is 1.69. The Bertz CT molecular complexity index is 978. The van der Waals surface area contributed by atoms with Crippen molar-refractivity contribution in [2.24, 2.45) is 11.7 Å². The predicted molar refractivity (Wildman–Crippen MR) is 132 cm³/mol. The minimum Gasteiger partial charge on any atom is -0.507 e. The van der Waals surface area contributed by atoms with Crippen molar-refractivity contribution >= 4 is 21.7 Å². The standard InChI is InChI=1S/C25H39N3O5S/c1-4-17(5-2)15-27(23(29)16-34(3,32)33)11-12-28-19-9-10-20(28)14-18(13-19)21-7-6-8-22(24(21)30)25(26)31/h6-8,17-20,30H,4-5,9-16H2,1-3H3,(H2,26,31). The molecule has 2 aliphatic heterocycles. The number of piperidine rings is 1. The number of para-hydroxylation sites is 1. The maximum Gasteiger partial charge on any atom is 0.252 e. The van der Waals surface area contributed by atoms with Crippen molar-refractivity contribution in [1.29, 1.82) is 0 Å². The highest BCUT2D eigenvalue weighted by Crippen LogP contribution is 2.45. The maximum absolute atomic E-state index is 12.8. The van der Waals surface area contributed by atoms with Crippen LogP contribution in [0.25, 0.3) is 0 Å². The fraction of sp³-hybridized carbons (Fsp3) is 0.680. The number of sulfone groups is 1. The van der Waals surface area contributed by atoms with E-state index in [0.717, 1.165) is 50.3 Å². The number of hydrogen-bond donors (Lipinski definition) is 2. The first-order valence-corrected chi connectivity index (χ1v) is 14.4. The van der Waals surface area contributed by atoms with Gasteiger partial charge in [-0.3, -0.25) is 14.5 Å². The van der Waals surface area contributed by atoms with Gasteiger partial charge in [0.2, 0.25) is 5.91 Å². The lowest BCUT2D eigenvalue weighted by atomic mass is 9.83. The zero-order valence-corrected chi connectivity index (χ0v) is 21.4. The molecule has 1 aromatic rings. The van der Waals surface area contributed by atoms with Crippen LogP contribution in [0.15, 0.2) is 18.2 Å². The zero-order valence-electron chi connectivity index (χ0n) is 20.6. The van der Waals surface area contributed by atoms with Gasteiger partial charge in [-0.05, 0) is 49.1 Å². The highest BCUT2D eigenvalue weighted by Gasteiger charge is 2.42. The van der Waals surface area contributed by atoms with E-state index in [0.29, 0.717) is 37.6 Å². The third-order valence-corrected chi connectivity index (χ3v) is 8.43. The fourth-order valence-electron chi connectivity index (χ4n) is 5.71. The van der Waals surface area contributed by atoms with Crippen molar-refractivity contribution in [2.45, 2.75) is 70.4 Å². The topological polar surface area (TPSA) is 121 Å². The van der Waals surface area contributed by atoms with Crippen molar-refractivity contribution in [3.05, 3.63) is 29.3 Å². The van der Waals surface area contributed by atoms with Crippen LogP contribution in [-0.2, 0) is 14.6 Å². The van der Waals surface area contributed by atoms with Gasteiger partial charge in [0.15, 0.2) is 9.84 Å². The summed E-state index contributed by atoms with van der Waals surface area (Å²) < 4.78 is 23.5. The minimum absolute atomic E-state index is 0.00410. The molecule has 2 atom stereocenters. The van der Waals surface area contributed by atoms with E-state index in [-0.39, 0.29) is 23.1 Å². The zero-order chi connectivity index (χ0) is 25.0. The molecule has 2 bridgehead atoms. The molecule has 2 aliphatic rings. The van der Waals surface area contributed by atoms with Crippen LogP contribution >= 0.6 is 0 Å². The lowest BCUT2D eigenvalue weighted by Crippen LogP contribution is -2.48. The molecule has 34 heavy (non-hydrogen) atoms. The van der Waals surface area contributed by atoms with Gasteiger partial charge in [-0.25, -0.2) is 8.42 Å². The second-order valence-electron chi connectivity index (χ2n) is 9.99. The monoisotopic (exact) mass is 493 g/mol. The van der Waals surface area contributed by atoms with E-state index in [1.165, 1.54) is 0 Å². The molecule has 0 aliphatic carbocycles. The summed E-state index contributed by atoms with van der Waals surface area (Å²) in [6, 6.07) is 5.86. The molecule has 3 N–H and O–H groups in total. The number of fused-ring (bicyclic) bond motifs is 2. The highest BCUT2D eigenvalue weighted by molar-refractivity contribution is 7.91. The number of primary amides is 1. The number of nitrogens with two attached hydrogens (primary N) is 1. The summed E-state index contributed by atoms with van der Waals surface area (Å²) in [5.74, 6) is -0.888. The summed E-state index contributed by atoms with van der Waals surface area (Å²) in [6.07, 6.45) is 6.86. The molecule has 2 unspecified atom stereocenters. The first kappa shape index (κ1) is 26.5. The maximum atomic E-state index is 12.8. The second kappa shape index (κ2) is 11.1. The van der Waals surface area contributed by atoms with Gasteiger partial charge in [-0.1, -0.05) is 38.8 Å². The summed E-state index contributed by atoms with van der Waals surface area (Å²) in [7, 11) is -3.38. The van der Waals surface area contributed by atoms with Crippen LogP contribution < -0.4 is 5.73 Å². The van der Waals surface area contributed by atoms with Crippen LogP contribution in [0, 0.1) is 5.92 Å². The summed E-state index contributed by atoms with van der Waals surface area (Å²) in [5, 5.41) is 10.6. The summed E-state index contributed by atoms with van der Waals surface area (Å²) in [6.45, 7) is 6.01. The van der Waals surface area contributed by atoms with Gasteiger partial charge in [-0.15, -0.1) is 0 Å². The van der Waals surface area contributed by atoms with E-state index in [4.69, 9.17) is 5.73 Å². The molecule has 0 saturated carbocycles. The lowest BCUT2D eigenvalue weighted by molar-refractivity contribution is -0.129. The number of hydrogen-bond acceptors (Lipinski definition) is 6. The third kappa shape index (κ3) is 6.30. The predicted octanol–water partition coefficient (Wildman–Crippen LogP) is 2.51. The quantitative estimate of drug-likeness (QED) is 0.489. The van der Waals surface area contributed by atoms with Crippen molar-refractivity contribution < 1.29 is 23.1 Å². The molecule has 8 nitrogen and oxygen atoms in total. The molecule has 0 aromatic heterocycles. The Morgan fingerprint density at radius 2 is 1.79 bits per heavy atom. The fourth-order valence-corrected chi connectivity index (χ4v) is 6.34. The first-order valence-electron chi connectivity index (χ1n) is 12.4. The van der Waals surface area contributed by atoms with E-state index in [9.17, 15) is 23.1 Å². The van der Waals surface area contributed by atoms with E-state index in [1.807, 2.05) is 6.07 Å². The molecule has 2 heterocycles. The van der Waals surface area contributed by atoms with Gasteiger partial charge >= 0.3 is 0 Å².